The molecule has 78 valence electrons. The smallest absolute Gasteiger partial charge is 0.404 e. The highest BCUT2D eigenvalue weighted by Crippen LogP contribution is 2.48. The van der Waals surface area contributed by atoms with Gasteiger partial charge in [-0.1, -0.05) is 0 Å². The number of carboxylic acid groups (broad SMARTS) is 1. The van der Waals surface area contributed by atoms with Crippen LogP contribution in [0.5, 0.6) is 0 Å². The van der Waals surface area contributed by atoms with Crippen LogP contribution in [0.2, 0.25) is 0 Å². The molecule has 2 aliphatic rings. The predicted octanol–water partition coefficient (Wildman–Crippen LogP) is 0.265. The fourth-order valence-electron chi connectivity index (χ4n) is 2.51. The van der Waals surface area contributed by atoms with Crippen LogP contribution in [0.15, 0.2) is 0 Å². The average molecular weight is 198 g/mol. The number of carbonyl (C=O) groups is 2. The van der Waals surface area contributed by atoms with Crippen molar-refractivity contribution in [3.8, 4) is 0 Å². The van der Waals surface area contributed by atoms with Crippen molar-refractivity contribution in [1.82, 2.24) is 10.2 Å². The summed E-state index contributed by atoms with van der Waals surface area (Å²) in [5.74, 6) is 0.116. The molecule has 1 spiro atoms. The molecule has 1 aliphatic heterocycles. The van der Waals surface area contributed by atoms with Gasteiger partial charge in [-0.3, -0.25) is 4.79 Å². The molecular weight excluding hydrogens is 184 g/mol. The first-order valence-corrected chi connectivity index (χ1v) is 4.76. The third-order valence-corrected chi connectivity index (χ3v) is 3.18. The first-order chi connectivity index (χ1) is 6.51. The molecule has 1 aliphatic carbocycles. The zero-order chi connectivity index (χ0) is 10.3. The Hall–Kier alpha value is -1.26. The van der Waals surface area contributed by atoms with E-state index in [0.29, 0.717) is 0 Å². The molecule has 0 aromatic rings. The zero-order valence-electron chi connectivity index (χ0n) is 8.12. The van der Waals surface area contributed by atoms with E-state index < -0.39 is 6.09 Å². The highest BCUT2D eigenvalue weighted by molar-refractivity contribution is 5.74. The van der Waals surface area contributed by atoms with Gasteiger partial charge in [0.15, 0.2) is 0 Å². The summed E-state index contributed by atoms with van der Waals surface area (Å²) in [5, 5.41) is 10.9. The molecule has 0 unspecified atom stereocenters. The van der Waals surface area contributed by atoms with E-state index in [0.717, 1.165) is 25.9 Å². The SMILES string of the molecule is CC(=O)N1CC2(CC(NC(=O)O)C2)C1. The van der Waals surface area contributed by atoms with Crippen LogP contribution in [0, 0.1) is 5.41 Å². The van der Waals surface area contributed by atoms with Crippen LogP contribution >= 0.6 is 0 Å². The summed E-state index contributed by atoms with van der Waals surface area (Å²) in [6, 6.07) is 0.0987. The van der Waals surface area contributed by atoms with Gasteiger partial charge < -0.3 is 15.3 Å². The van der Waals surface area contributed by atoms with Crippen LogP contribution in [0.3, 0.4) is 0 Å². The Morgan fingerprint density at radius 1 is 1.43 bits per heavy atom. The lowest BCUT2D eigenvalue weighted by Crippen LogP contribution is -2.67. The lowest BCUT2D eigenvalue weighted by atomic mass is 9.60. The highest BCUT2D eigenvalue weighted by Gasteiger charge is 2.53. The lowest BCUT2D eigenvalue weighted by Gasteiger charge is -2.58. The van der Waals surface area contributed by atoms with Gasteiger partial charge in [-0.05, 0) is 12.8 Å². The molecular formula is C9H14N2O3. The fraction of sp³-hybridized carbons (Fsp3) is 0.778. The van der Waals surface area contributed by atoms with Crippen molar-refractivity contribution in [1.29, 1.82) is 0 Å². The Morgan fingerprint density at radius 2 is 2.00 bits per heavy atom. The van der Waals surface area contributed by atoms with Crippen molar-refractivity contribution in [3.63, 3.8) is 0 Å². The molecule has 0 atom stereocenters. The van der Waals surface area contributed by atoms with Gasteiger partial charge in [0.2, 0.25) is 5.91 Å². The first kappa shape index (κ1) is 9.30. The zero-order valence-corrected chi connectivity index (χ0v) is 8.12. The normalized spacial score (nSPS) is 23.9. The number of nitrogens with zero attached hydrogens (tertiary/aromatic N) is 1. The minimum atomic E-state index is -0.951. The Kier molecular flexibility index (Phi) is 1.90. The lowest BCUT2D eigenvalue weighted by molar-refractivity contribution is -0.149. The van der Waals surface area contributed by atoms with E-state index in [4.69, 9.17) is 5.11 Å². The number of amides is 2. The third-order valence-electron chi connectivity index (χ3n) is 3.18. The number of likely N-dealkylation sites (tertiary alicyclic amines) is 1. The van der Waals surface area contributed by atoms with E-state index in [1.54, 1.807) is 11.8 Å². The van der Waals surface area contributed by atoms with Gasteiger partial charge in [-0.2, -0.15) is 0 Å². The van der Waals surface area contributed by atoms with Crippen LogP contribution in [-0.2, 0) is 4.79 Å². The average Bonchev–Trinajstić information content (AvgIpc) is 1.89. The predicted molar refractivity (Wildman–Crippen MR) is 48.9 cm³/mol. The molecule has 1 saturated carbocycles. The minimum absolute atomic E-state index is 0.0987. The summed E-state index contributed by atoms with van der Waals surface area (Å²) < 4.78 is 0. The summed E-state index contributed by atoms with van der Waals surface area (Å²) in [7, 11) is 0. The molecule has 2 rings (SSSR count). The van der Waals surface area contributed by atoms with E-state index >= 15 is 0 Å². The first-order valence-electron chi connectivity index (χ1n) is 4.76. The summed E-state index contributed by atoms with van der Waals surface area (Å²) in [6.07, 6.45) is 0.805. The van der Waals surface area contributed by atoms with Crippen LogP contribution in [0.4, 0.5) is 4.79 Å². The molecule has 5 heteroatoms. The molecule has 2 amide bonds. The van der Waals surface area contributed by atoms with E-state index in [-0.39, 0.29) is 17.4 Å². The number of nitrogens with one attached hydrogen (secondary N) is 1. The summed E-state index contributed by atoms with van der Waals surface area (Å²) in [6.45, 7) is 3.18. The maximum absolute atomic E-state index is 10.9. The van der Waals surface area contributed by atoms with Gasteiger partial charge in [0, 0.05) is 31.5 Å². The van der Waals surface area contributed by atoms with Crippen molar-refractivity contribution in [2.45, 2.75) is 25.8 Å². The number of rotatable bonds is 1. The number of hydrogen-bond donors (Lipinski definition) is 2. The van der Waals surface area contributed by atoms with Crippen molar-refractivity contribution >= 4 is 12.0 Å². The monoisotopic (exact) mass is 198 g/mol. The fourth-order valence-corrected chi connectivity index (χ4v) is 2.51. The molecule has 1 heterocycles. The quantitative estimate of drug-likeness (QED) is 0.635. The maximum atomic E-state index is 10.9. The molecule has 0 bridgehead atoms. The second-order valence-electron chi connectivity index (χ2n) is 4.43. The van der Waals surface area contributed by atoms with Crippen molar-refractivity contribution < 1.29 is 14.7 Å². The topological polar surface area (TPSA) is 69.6 Å². The van der Waals surface area contributed by atoms with Gasteiger partial charge in [0.05, 0.1) is 0 Å². The van der Waals surface area contributed by atoms with Crippen LogP contribution in [0.25, 0.3) is 0 Å². The second-order valence-corrected chi connectivity index (χ2v) is 4.43. The largest absolute Gasteiger partial charge is 0.465 e. The Morgan fingerprint density at radius 3 is 2.43 bits per heavy atom. The highest BCUT2D eigenvalue weighted by atomic mass is 16.4. The Labute approximate surface area is 82.1 Å². The molecule has 0 radical (unpaired) electrons. The van der Waals surface area contributed by atoms with E-state index in [2.05, 4.69) is 5.32 Å². The van der Waals surface area contributed by atoms with Crippen LogP contribution < -0.4 is 5.32 Å². The van der Waals surface area contributed by atoms with Gasteiger partial charge in [-0.25, -0.2) is 4.79 Å². The molecule has 5 nitrogen and oxygen atoms in total. The van der Waals surface area contributed by atoms with Crippen LogP contribution in [-0.4, -0.2) is 41.1 Å². The molecule has 14 heavy (non-hydrogen) atoms. The van der Waals surface area contributed by atoms with Crippen molar-refractivity contribution in [3.05, 3.63) is 0 Å². The minimum Gasteiger partial charge on any atom is -0.465 e. The summed E-state index contributed by atoms with van der Waals surface area (Å²) >= 11 is 0. The molecule has 1 saturated heterocycles. The molecule has 2 fully saturated rings. The van der Waals surface area contributed by atoms with Crippen molar-refractivity contribution in [2.24, 2.45) is 5.41 Å². The van der Waals surface area contributed by atoms with Gasteiger partial charge >= 0.3 is 6.09 Å². The number of carbonyl (C=O) groups excluding carboxylic acids is 1. The number of hydrogen-bond acceptors (Lipinski definition) is 2. The van der Waals surface area contributed by atoms with E-state index in [9.17, 15) is 9.59 Å². The molecule has 0 aromatic heterocycles. The van der Waals surface area contributed by atoms with E-state index in [1.165, 1.54) is 0 Å². The van der Waals surface area contributed by atoms with E-state index in [1.807, 2.05) is 0 Å². The van der Waals surface area contributed by atoms with Gasteiger partial charge in [-0.15, -0.1) is 0 Å². The van der Waals surface area contributed by atoms with Gasteiger partial charge in [0.25, 0.3) is 0 Å². The standard InChI is InChI=1S/C9H14N2O3/c1-6(12)11-4-9(5-11)2-7(3-9)10-8(13)14/h7,10H,2-5H2,1H3,(H,13,14). The van der Waals surface area contributed by atoms with Gasteiger partial charge in [0.1, 0.15) is 0 Å². The van der Waals surface area contributed by atoms with Crippen LogP contribution in [0.1, 0.15) is 19.8 Å². The molecule has 0 aromatic carbocycles. The maximum Gasteiger partial charge on any atom is 0.404 e. The Bertz CT molecular complexity index is 276. The van der Waals surface area contributed by atoms with Crippen molar-refractivity contribution in [2.75, 3.05) is 13.1 Å². The summed E-state index contributed by atoms with van der Waals surface area (Å²) in [4.78, 5) is 23.0. The summed E-state index contributed by atoms with van der Waals surface area (Å²) in [5.41, 5.74) is 0.235. The second kappa shape index (κ2) is 2.87. The Balaban J connectivity index is 1.74. The third kappa shape index (κ3) is 1.42. The molecule has 2 N–H and O–H groups in total.